The van der Waals surface area contributed by atoms with Gasteiger partial charge in [0.2, 0.25) is 5.91 Å². The van der Waals surface area contributed by atoms with Crippen molar-refractivity contribution in [1.29, 1.82) is 0 Å². The summed E-state index contributed by atoms with van der Waals surface area (Å²) in [6.45, 7) is 0.196. The maximum Gasteiger partial charge on any atom is 0.315 e. The highest BCUT2D eigenvalue weighted by Gasteiger charge is 2.30. The molecule has 0 saturated carbocycles. The summed E-state index contributed by atoms with van der Waals surface area (Å²) in [6, 6.07) is 10.2. The van der Waals surface area contributed by atoms with Gasteiger partial charge in [-0.15, -0.1) is 11.3 Å². The molecule has 1 saturated heterocycles. The Morgan fingerprint density at radius 3 is 2.85 bits per heavy atom. The molecular formula is C18H14ClFN4O2S. The molecule has 0 bridgehead atoms. The second-order valence-corrected chi connectivity index (χ2v) is 7.51. The van der Waals surface area contributed by atoms with Crippen LogP contribution in [0.15, 0.2) is 42.5 Å². The van der Waals surface area contributed by atoms with Gasteiger partial charge in [0.05, 0.1) is 15.2 Å². The number of urea groups is 1. The quantitative estimate of drug-likeness (QED) is 0.625. The van der Waals surface area contributed by atoms with Crippen LogP contribution in [0.25, 0.3) is 10.2 Å². The average Bonchev–Trinajstić information content (AvgIpc) is 3.28. The summed E-state index contributed by atoms with van der Waals surface area (Å²) in [6.07, 6.45) is 0. The standard InChI is InChI=1S/C18H14ClFN4O2S/c19-10-7-9(5-6-11(10)20)15(24-16(25)13-8-21-18(26)23-13)17-22-12-3-1-2-4-14(12)27-17/h1-7,13,15H,8H2,(H,24,25)(H2,21,23,26)/t13-,15+/m0/s1. The van der Waals surface area contributed by atoms with Crippen molar-refractivity contribution < 1.29 is 14.0 Å². The predicted octanol–water partition coefficient (Wildman–Crippen LogP) is 2.98. The van der Waals surface area contributed by atoms with Crippen molar-refractivity contribution in [3.8, 4) is 0 Å². The third-order valence-electron chi connectivity index (χ3n) is 4.21. The molecule has 3 aromatic rings. The van der Waals surface area contributed by atoms with Gasteiger partial charge in [-0.3, -0.25) is 4.79 Å². The Bertz CT molecular complexity index is 1010. The zero-order valence-corrected chi connectivity index (χ0v) is 15.4. The molecule has 9 heteroatoms. The molecule has 3 N–H and O–H groups in total. The molecule has 6 nitrogen and oxygen atoms in total. The minimum Gasteiger partial charge on any atom is -0.341 e. The van der Waals surface area contributed by atoms with Crippen LogP contribution in [0.1, 0.15) is 16.6 Å². The smallest absolute Gasteiger partial charge is 0.315 e. The van der Waals surface area contributed by atoms with Crippen molar-refractivity contribution in [2.75, 3.05) is 6.54 Å². The normalized spacial score (nSPS) is 17.4. The Kier molecular flexibility index (Phi) is 4.67. The Labute approximate surface area is 162 Å². The number of carbonyl (C=O) groups excluding carboxylic acids is 2. The van der Waals surface area contributed by atoms with Gasteiger partial charge in [0.25, 0.3) is 0 Å². The van der Waals surface area contributed by atoms with Crippen molar-refractivity contribution in [2.45, 2.75) is 12.1 Å². The summed E-state index contributed by atoms with van der Waals surface area (Å²) in [4.78, 5) is 28.5. The lowest BCUT2D eigenvalue weighted by Gasteiger charge is -2.19. The summed E-state index contributed by atoms with van der Waals surface area (Å²) < 4.78 is 14.6. The topological polar surface area (TPSA) is 83.1 Å². The maximum absolute atomic E-state index is 13.6. The number of halogens is 2. The van der Waals surface area contributed by atoms with E-state index in [2.05, 4.69) is 20.9 Å². The lowest BCUT2D eigenvalue weighted by atomic mass is 10.1. The number of hydrogen-bond donors (Lipinski definition) is 3. The number of para-hydroxylation sites is 1. The molecule has 0 aliphatic carbocycles. The van der Waals surface area contributed by atoms with E-state index >= 15 is 0 Å². The van der Waals surface area contributed by atoms with Gasteiger partial charge in [0.15, 0.2) is 0 Å². The highest BCUT2D eigenvalue weighted by molar-refractivity contribution is 7.18. The van der Waals surface area contributed by atoms with Gasteiger partial charge in [-0.25, -0.2) is 14.2 Å². The number of fused-ring (bicyclic) bond motifs is 1. The van der Waals surface area contributed by atoms with Crippen molar-refractivity contribution in [3.63, 3.8) is 0 Å². The van der Waals surface area contributed by atoms with Gasteiger partial charge in [0, 0.05) is 6.54 Å². The summed E-state index contributed by atoms with van der Waals surface area (Å²) in [7, 11) is 0. The van der Waals surface area contributed by atoms with Crippen LogP contribution in [0.5, 0.6) is 0 Å². The molecule has 2 atom stereocenters. The molecule has 1 fully saturated rings. The number of hydrogen-bond acceptors (Lipinski definition) is 4. The molecule has 138 valence electrons. The fourth-order valence-electron chi connectivity index (χ4n) is 2.85. The zero-order valence-electron chi connectivity index (χ0n) is 13.8. The van der Waals surface area contributed by atoms with Crippen LogP contribution in [-0.4, -0.2) is 29.5 Å². The fraction of sp³-hybridized carbons (Fsp3) is 0.167. The lowest BCUT2D eigenvalue weighted by molar-refractivity contribution is -0.122. The third kappa shape index (κ3) is 3.58. The van der Waals surface area contributed by atoms with Crippen LogP contribution in [0.4, 0.5) is 9.18 Å². The first-order chi connectivity index (χ1) is 13.0. The molecule has 0 spiro atoms. The number of nitrogens with one attached hydrogen (secondary N) is 3. The van der Waals surface area contributed by atoms with Gasteiger partial charge in [-0.05, 0) is 29.8 Å². The molecule has 0 radical (unpaired) electrons. The predicted molar refractivity (Wildman–Crippen MR) is 101 cm³/mol. The van der Waals surface area contributed by atoms with Crippen LogP contribution in [0, 0.1) is 5.82 Å². The number of aromatic nitrogens is 1. The van der Waals surface area contributed by atoms with E-state index in [-0.39, 0.29) is 17.5 Å². The number of thiazole rings is 1. The van der Waals surface area contributed by atoms with E-state index in [1.165, 1.54) is 23.5 Å². The van der Waals surface area contributed by atoms with Crippen LogP contribution < -0.4 is 16.0 Å². The molecule has 1 aliphatic rings. The third-order valence-corrected chi connectivity index (χ3v) is 5.60. The number of benzene rings is 2. The number of amides is 3. The second kappa shape index (κ2) is 7.13. The monoisotopic (exact) mass is 404 g/mol. The van der Waals surface area contributed by atoms with Crippen LogP contribution in [0.2, 0.25) is 5.02 Å². The zero-order chi connectivity index (χ0) is 19.0. The first-order valence-electron chi connectivity index (χ1n) is 8.16. The summed E-state index contributed by atoms with van der Waals surface area (Å²) in [5, 5.41) is 8.59. The highest BCUT2D eigenvalue weighted by atomic mass is 35.5. The molecule has 2 heterocycles. The van der Waals surface area contributed by atoms with Crippen LogP contribution in [0.3, 0.4) is 0 Å². The lowest BCUT2D eigenvalue weighted by Crippen LogP contribution is -2.44. The highest BCUT2D eigenvalue weighted by Crippen LogP contribution is 2.32. The summed E-state index contributed by atoms with van der Waals surface area (Å²) >= 11 is 7.36. The van der Waals surface area contributed by atoms with Crippen molar-refractivity contribution in [3.05, 3.63) is 63.9 Å². The first kappa shape index (κ1) is 17.7. The van der Waals surface area contributed by atoms with E-state index in [0.29, 0.717) is 10.6 Å². The van der Waals surface area contributed by atoms with E-state index in [0.717, 1.165) is 10.2 Å². The van der Waals surface area contributed by atoms with Gasteiger partial charge in [-0.2, -0.15) is 0 Å². The summed E-state index contributed by atoms with van der Waals surface area (Å²) in [5.41, 5.74) is 1.41. The second-order valence-electron chi connectivity index (χ2n) is 6.04. The molecule has 3 amide bonds. The molecule has 27 heavy (non-hydrogen) atoms. The van der Waals surface area contributed by atoms with E-state index < -0.39 is 23.9 Å². The molecule has 2 aromatic carbocycles. The fourth-order valence-corrected chi connectivity index (χ4v) is 4.09. The number of nitrogens with zero attached hydrogens (tertiary/aromatic N) is 1. The van der Waals surface area contributed by atoms with E-state index in [1.807, 2.05) is 24.3 Å². The Hall–Kier alpha value is -2.71. The number of carbonyl (C=O) groups is 2. The molecule has 1 aromatic heterocycles. The molecular weight excluding hydrogens is 391 g/mol. The van der Waals surface area contributed by atoms with Crippen molar-refractivity contribution >= 4 is 45.1 Å². The van der Waals surface area contributed by atoms with E-state index in [1.54, 1.807) is 6.07 Å². The number of rotatable bonds is 4. The molecule has 4 rings (SSSR count). The van der Waals surface area contributed by atoms with E-state index in [4.69, 9.17) is 11.6 Å². The Morgan fingerprint density at radius 1 is 1.33 bits per heavy atom. The van der Waals surface area contributed by atoms with Gasteiger partial charge < -0.3 is 16.0 Å². The van der Waals surface area contributed by atoms with E-state index in [9.17, 15) is 14.0 Å². The minimum absolute atomic E-state index is 0.0382. The Balaban J connectivity index is 1.71. The van der Waals surface area contributed by atoms with Gasteiger partial charge in [0.1, 0.15) is 22.9 Å². The largest absolute Gasteiger partial charge is 0.341 e. The molecule has 1 aliphatic heterocycles. The van der Waals surface area contributed by atoms with Crippen LogP contribution >= 0.6 is 22.9 Å². The minimum atomic E-state index is -0.690. The van der Waals surface area contributed by atoms with Crippen LogP contribution in [-0.2, 0) is 4.79 Å². The van der Waals surface area contributed by atoms with Gasteiger partial charge in [-0.1, -0.05) is 29.8 Å². The van der Waals surface area contributed by atoms with Crippen molar-refractivity contribution in [2.24, 2.45) is 0 Å². The first-order valence-corrected chi connectivity index (χ1v) is 9.36. The maximum atomic E-state index is 13.6. The molecule has 0 unspecified atom stereocenters. The summed E-state index contributed by atoms with van der Waals surface area (Å²) in [5.74, 6) is -0.903. The average molecular weight is 405 g/mol. The van der Waals surface area contributed by atoms with Crippen molar-refractivity contribution in [1.82, 2.24) is 20.9 Å². The van der Waals surface area contributed by atoms with Gasteiger partial charge >= 0.3 is 6.03 Å². The Morgan fingerprint density at radius 2 is 2.15 bits per heavy atom. The SMILES string of the molecule is O=C1NC[C@@H](C(=O)N[C@H](c2ccc(F)c(Cl)c2)c2nc3ccccc3s2)N1.